The molecule has 0 fully saturated rings. The Balaban J connectivity index is 0.997. The van der Waals surface area contributed by atoms with Crippen molar-refractivity contribution in [1.82, 2.24) is 24.1 Å². The first kappa shape index (κ1) is 35.2. The van der Waals surface area contributed by atoms with Gasteiger partial charge in [0.2, 0.25) is 0 Å². The van der Waals surface area contributed by atoms with Gasteiger partial charge in [0.25, 0.3) is 0 Å². The number of furan rings is 1. The van der Waals surface area contributed by atoms with Crippen LogP contribution in [-0.2, 0) is 0 Å². The highest BCUT2D eigenvalue weighted by Gasteiger charge is 2.21. The van der Waals surface area contributed by atoms with Gasteiger partial charge >= 0.3 is 0 Å². The summed E-state index contributed by atoms with van der Waals surface area (Å²) in [4.78, 5) is 15.2. The molecule has 63 heavy (non-hydrogen) atoms. The van der Waals surface area contributed by atoms with E-state index >= 15 is 0 Å². The first-order valence-electron chi connectivity index (χ1n) is 21.2. The molecule has 4 heterocycles. The van der Waals surface area contributed by atoms with E-state index in [1.165, 1.54) is 38.1 Å². The molecule has 13 rings (SSSR count). The van der Waals surface area contributed by atoms with Gasteiger partial charge in [0, 0.05) is 60.4 Å². The average molecular weight is 806 g/mol. The SMILES string of the molecule is c1ccc(-c2nc(-c3ccccc3)nc(-c3cccc4oc5ccc(-n6c7ccccc7c7ccc(-c8ccc9c(c8)c8ccccc8n9-c8ccccc8)cc76)cc5c34)n2)cc1. The zero-order chi connectivity index (χ0) is 41.4. The van der Waals surface area contributed by atoms with Crippen molar-refractivity contribution in [2.24, 2.45) is 0 Å². The van der Waals surface area contributed by atoms with Gasteiger partial charge < -0.3 is 13.6 Å². The molecule has 0 radical (unpaired) electrons. The number of nitrogens with zero attached hydrogens (tertiary/aromatic N) is 5. The number of benzene rings is 9. The molecule has 0 amide bonds. The van der Waals surface area contributed by atoms with Crippen LogP contribution >= 0.6 is 0 Å². The van der Waals surface area contributed by atoms with E-state index < -0.39 is 0 Å². The van der Waals surface area contributed by atoms with Crippen LogP contribution in [0.2, 0.25) is 0 Å². The molecule has 0 saturated carbocycles. The second-order valence-corrected chi connectivity index (χ2v) is 16.0. The summed E-state index contributed by atoms with van der Waals surface area (Å²) >= 11 is 0. The quantitative estimate of drug-likeness (QED) is 0.168. The van der Waals surface area contributed by atoms with E-state index in [2.05, 4.69) is 149 Å². The van der Waals surface area contributed by atoms with Crippen LogP contribution in [0.1, 0.15) is 0 Å². The average Bonchev–Trinajstić information content (AvgIpc) is 4.01. The third-order valence-corrected chi connectivity index (χ3v) is 12.4. The highest BCUT2D eigenvalue weighted by atomic mass is 16.3. The van der Waals surface area contributed by atoms with Gasteiger partial charge in [0.1, 0.15) is 11.2 Å². The fourth-order valence-corrected chi connectivity index (χ4v) is 9.51. The van der Waals surface area contributed by atoms with Gasteiger partial charge in [0.05, 0.1) is 22.1 Å². The third kappa shape index (κ3) is 5.62. The lowest BCUT2D eigenvalue weighted by Crippen LogP contribution is -2.00. The lowest BCUT2D eigenvalue weighted by Gasteiger charge is -2.11. The summed E-state index contributed by atoms with van der Waals surface area (Å²) in [5, 5.41) is 6.81. The Bertz CT molecular complexity index is 3850. The van der Waals surface area contributed by atoms with Gasteiger partial charge in [-0.2, -0.15) is 0 Å². The number of hydrogen-bond donors (Lipinski definition) is 0. The maximum atomic E-state index is 6.58. The number of fused-ring (bicyclic) bond motifs is 9. The normalized spacial score (nSPS) is 11.8. The van der Waals surface area contributed by atoms with E-state index in [0.29, 0.717) is 17.5 Å². The van der Waals surface area contributed by atoms with Crippen LogP contribution in [0.25, 0.3) is 122 Å². The fraction of sp³-hybridized carbons (Fsp3) is 0. The summed E-state index contributed by atoms with van der Waals surface area (Å²) in [6.07, 6.45) is 0. The highest BCUT2D eigenvalue weighted by molar-refractivity contribution is 6.15. The van der Waals surface area contributed by atoms with E-state index in [-0.39, 0.29) is 0 Å². The predicted octanol–water partition coefficient (Wildman–Crippen LogP) is 14.6. The molecule has 294 valence electrons. The van der Waals surface area contributed by atoms with Crippen LogP contribution < -0.4 is 0 Å². The molecule has 13 aromatic rings. The molecule has 0 unspecified atom stereocenters. The molecule has 0 bridgehead atoms. The second-order valence-electron chi connectivity index (χ2n) is 16.0. The van der Waals surface area contributed by atoms with Crippen LogP contribution in [0.3, 0.4) is 0 Å². The zero-order valence-electron chi connectivity index (χ0n) is 33.9. The molecule has 0 aliphatic heterocycles. The molecule has 6 heteroatoms. The zero-order valence-corrected chi connectivity index (χ0v) is 33.9. The lowest BCUT2D eigenvalue weighted by molar-refractivity contribution is 0.669. The molecule has 0 saturated heterocycles. The first-order chi connectivity index (χ1) is 31.2. The van der Waals surface area contributed by atoms with Crippen molar-refractivity contribution in [3.05, 3.63) is 212 Å². The molecule has 0 aliphatic rings. The minimum Gasteiger partial charge on any atom is -0.456 e. The molecule has 0 aliphatic carbocycles. The molecule has 6 nitrogen and oxygen atoms in total. The van der Waals surface area contributed by atoms with E-state index in [4.69, 9.17) is 19.4 Å². The number of para-hydroxylation sites is 3. The maximum absolute atomic E-state index is 6.58. The van der Waals surface area contributed by atoms with Crippen molar-refractivity contribution >= 4 is 65.6 Å². The highest BCUT2D eigenvalue weighted by Crippen LogP contribution is 2.41. The Morgan fingerprint density at radius 1 is 0.302 bits per heavy atom. The summed E-state index contributed by atoms with van der Waals surface area (Å²) in [6.45, 7) is 0. The summed E-state index contributed by atoms with van der Waals surface area (Å²) in [7, 11) is 0. The van der Waals surface area contributed by atoms with Crippen LogP contribution in [0.15, 0.2) is 217 Å². The number of hydrogen-bond acceptors (Lipinski definition) is 4. The van der Waals surface area contributed by atoms with E-state index in [0.717, 1.165) is 66.6 Å². The van der Waals surface area contributed by atoms with Crippen molar-refractivity contribution in [3.63, 3.8) is 0 Å². The first-order valence-corrected chi connectivity index (χ1v) is 21.2. The van der Waals surface area contributed by atoms with Gasteiger partial charge in [-0.3, -0.25) is 0 Å². The smallest absolute Gasteiger partial charge is 0.164 e. The van der Waals surface area contributed by atoms with Gasteiger partial charge in [-0.25, -0.2) is 15.0 Å². The largest absolute Gasteiger partial charge is 0.456 e. The van der Waals surface area contributed by atoms with Crippen LogP contribution in [-0.4, -0.2) is 24.1 Å². The van der Waals surface area contributed by atoms with E-state index in [1.807, 2.05) is 72.8 Å². The molecular formula is C57H35N5O. The molecule has 0 N–H and O–H groups in total. The number of rotatable bonds is 6. The minimum absolute atomic E-state index is 0.590. The Morgan fingerprint density at radius 2 is 0.857 bits per heavy atom. The van der Waals surface area contributed by atoms with Gasteiger partial charge in [0.15, 0.2) is 17.5 Å². The number of aromatic nitrogens is 5. The Morgan fingerprint density at radius 3 is 1.57 bits per heavy atom. The van der Waals surface area contributed by atoms with Crippen molar-refractivity contribution < 1.29 is 4.42 Å². The Labute approximate surface area is 361 Å². The summed E-state index contributed by atoms with van der Waals surface area (Å²) in [5.74, 6) is 1.83. The van der Waals surface area contributed by atoms with Crippen molar-refractivity contribution in [3.8, 4) is 56.7 Å². The van der Waals surface area contributed by atoms with Crippen molar-refractivity contribution in [1.29, 1.82) is 0 Å². The molecule has 4 aromatic heterocycles. The minimum atomic E-state index is 0.590. The third-order valence-electron chi connectivity index (χ3n) is 12.4. The van der Waals surface area contributed by atoms with Gasteiger partial charge in [-0.05, 0) is 77.9 Å². The molecule has 0 spiro atoms. The lowest BCUT2D eigenvalue weighted by atomic mass is 10.0. The van der Waals surface area contributed by atoms with Crippen LogP contribution in [0, 0.1) is 0 Å². The molecular weight excluding hydrogens is 771 g/mol. The van der Waals surface area contributed by atoms with E-state index in [1.54, 1.807) is 0 Å². The summed E-state index contributed by atoms with van der Waals surface area (Å²) in [6, 6.07) is 74.6. The predicted molar refractivity (Wildman–Crippen MR) is 258 cm³/mol. The molecule has 0 atom stereocenters. The maximum Gasteiger partial charge on any atom is 0.164 e. The molecule has 9 aromatic carbocycles. The van der Waals surface area contributed by atoms with E-state index in [9.17, 15) is 0 Å². The van der Waals surface area contributed by atoms with Crippen LogP contribution in [0.5, 0.6) is 0 Å². The second kappa shape index (κ2) is 14.0. The van der Waals surface area contributed by atoms with Gasteiger partial charge in [-0.1, -0.05) is 146 Å². The Hall–Kier alpha value is -8.61. The topological polar surface area (TPSA) is 61.7 Å². The fourth-order valence-electron chi connectivity index (χ4n) is 9.51. The van der Waals surface area contributed by atoms with Gasteiger partial charge in [-0.15, -0.1) is 0 Å². The summed E-state index contributed by atoms with van der Waals surface area (Å²) < 4.78 is 11.3. The van der Waals surface area contributed by atoms with Crippen molar-refractivity contribution in [2.45, 2.75) is 0 Å². The standard InChI is InChI=1S/C57H35N5O/c1-4-15-36(16-5-1)55-58-56(37-17-6-2-7-18-37)60-57(59-55)45-23-14-26-53-54(45)47-35-41(29-32-52(47)63-53)62-48-24-12-10-21-42(48)44-30-27-39(34-51(44)62)38-28-31-50-46(33-38)43-22-11-13-25-49(43)61(50)40-19-8-3-9-20-40/h1-35H. The van der Waals surface area contributed by atoms with Crippen LogP contribution in [0.4, 0.5) is 0 Å². The Kier molecular flexibility index (Phi) is 7.80. The monoisotopic (exact) mass is 805 g/mol. The van der Waals surface area contributed by atoms with Crippen molar-refractivity contribution in [2.75, 3.05) is 0 Å². The summed E-state index contributed by atoms with van der Waals surface area (Å²) in [5.41, 5.74) is 13.5.